The fourth-order valence-corrected chi connectivity index (χ4v) is 3.61. The molecule has 0 saturated carbocycles. The smallest absolute Gasteiger partial charge is 0.165 e. The predicted molar refractivity (Wildman–Crippen MR) is 126 cm³/mol. The fourth-order valence-electron chi connectivity index (χ4n) is 3.61. The van der Waals surface area contributed by atoms with Gasteiger partial charge in [-0.1, -0.05) is 63.6 Å². The van der Waals surface area contributed by atoms with Gasteiger partial charge in [0.2, 0.25) is 0 Å². The van der Waals surface area contributed by atoms with Gasteiger partial charge in [-0.15, -0.1) is 0 Å². The van der Waals surface area contributed by atoms with Crippen molar-refractivity contribution in [1.82, 2.24) is 0 Å². The number of unbranched alkanes of at least 4 members (excludes halogenated alkanes) is 1. The maximum Gasteiger partial charge on any atom is 0.165 e. The number of benzene rings is 3. The molecule has 0 radical (unpaired) electrons. The van der Waals surface area contributed by atoms with E-state index in [1.165, 1.54) is 11.6 Å². The molecule has 0 aromatic heterocycles. The van der Waals surface area contributed by atoms with Crippen molar-refractivity contribution >= 4 is 0 Å². The lowest BCUT2D eigenvalue weighted by Crippen LogP contribution is -2.17. The van der Waals surface area contributed by atoms with Crippen molar-refractivity contribution in [3.63, 3.8) is 0 Å². The Morgan fingerprint density at radius 1 is 0.839 bits per heavy atom. The lowest BCUT2D eigenvalue weighted by Gasteiger charge is -2.25. The molecular weight excluding hydrogens is 387 g/mol. The minimum absolute atomic E-state index is 0.0609. The van der Waals surface area contributed by atoms with E-state index in [0.717, 1.165) is 50.0 Å². The van der Waals surface area contributed by atoms with Crippen LogP contribution in [-0.2, 0) is 11.8 Å². The van der Waals surface area contributed by atoms with Crippen LogP contribution in [0, 0.1) is 5.82 Å². The van der Waals surface area contributed by atoms with Crippen LogP contribution in [0.5, 0.6) is 17.2 Å². The standard InChI is InChI=1S/C28H33FO2/c1-4-5-20-30-24-16-14-23(15-17-24)28(2,3)19-9-10-22-13-18-26(29)27(21-22)31-25-11-7-6-8-12-25/h6-8,11-18,21H,4-5,9-10,19-20H2,1-3H3. The van der Waals surface area contributed by atoms with Crippen LogP contribution in [0.15, 0.2) is 72.8 Å². The van der Waals surface area contributed by atoms with Crippen molar-refractivity contribution in [1.29, 1.82) is 0 Å². The summed E-state index contributed by atoms with van der Waals surface area (Å²) in [7, 11) is 0. The van der Waals surface area contributed by atoms with Crippen LogP contribution < -0.4 is 9.47 Å². The average molecular weight is 421 g/mol. The van der Waals surface area contributed by atoms with Gasteiger partial charge in [-0.3, -0.25) is 0 Å². The van der Waals surface area contributed by atoms with Gasteiger partial charge in [0.05, 0.1) is 6.61 Å². The predicted octanol–water partition coefficient (Wildman–Crippen LogP) is 8.10. The Hall–Kier alpha value is -2.81. The number of hydrogen-bond acceptors (Lipinski definition) is 2. The molecule has 0 unspecified atom stereocenters. The molecule has 3 rings (SSSR count). The van der Waals surface area contributed by atoms with E-state index in [9.17, 15) is 4.39 Å². The molecule has 0 amide bonds. The molecule has 0 saturated heterocycles. The quantitative estimate of drug-likeness (QED) is 0.292. The summed E-state index contributed by atoms with van der Waals surface area (Å²) in [5, 5.41) is 0. The van der Waals surface area contributed by atoms with E-state index in [1.54, 1.807) is 0 Å². The third-order valence-electron chi connectivity index (χ3n) is 5.64. The van der Waals surface area contributed by atoms with Gasteiger partial charge in [-0.25, -0.2) is 4.39 Å². The Morgan fingerprint density at radius 3 is 2.29 bits per heavy atom. The third kappa shape index (κ3) is 6.85. The first-order valence-corrected chi connectivity index (χ1v) is 11.2. The van der Waals surface area contributed by atoms with Crippen LogP contribution in [0.3, 0.4) is 0 Å². The second-order valence-corrected chi connectivity index (χ2v) is 8.64. The molecular formula is C28H33FO2. The molecule has 2 nitrogen and oxygen atoms in total. The normalized spacial score (nSPS) is 11.4. The molecule has 0 aliphatic carbocycles. The van der Waals surface area contributed by atoms with E-state index in [2.05, 4.69) is 45.0 Å². The lowest BCUT2D eigenvalue weighted by atomic mass is 9.80. The van der Waals surface area contributed by atoms with E-state index in [1.807, 2.05) is 42.5 Å². The van der Waals surface area contributed by atoms with Crippen molar-refractivity contribution in [2.75, 3.05) is 6.61 Å². The number of hydrogen-bond donors (Lipinski definition) is 0. The summed E-state index contributed by atoms with van der Waals surface area (Å²) in [5.41, 5.74) is 2.45. The number of halogens is 1. The fraction of sp³-hybridized carbons (Fsp3) is 0.357. The average Bonchev–Trinajstić information content (AvgIpc) is 2.77. The minimum atomic E-state index is -0.339. The van der Waals surface area contributed by atoms with E-state index in [0.29, 0.717) is 5.75 Å². The highest BCUT2D eigenvalue weighted by atomic mass is 19.1. The molecule has 0 spiro atoms. The summed E-state index contributed by atoms with van der Waals surface area (Å²) in [4.78, 5) is 0. The molecule has 3 heteroatoms. The molecule has 31 heavy (non-hydrogen) atoms. The highest BCUT2D eigenvalue weighted by Gasteiger charge is 2.20. The van der Waals surface area contributed by atoms with Crippen molar-refractivity contribution < 1.29 is 13.9 Å². The largest absolute Gasteiger partial charge is 0.494 e. The van der Waals surface area contributed by atoms with Crippen molar-refractivity contribution in [3.05, 3.63) is 89.7 Å². The van der Waals surface area contributed by atoms with Crippen LogP contribution in [0.1, 0.15) is 57.6 Å². The monoisotopic (exact) mass is 420 g/mol. The zero-order chi connectivity index (χ0) is 22.1. The summed E-state index contributed by atoms with van der Waals surface area (Å²) >= 11 is 0. The molecule has 0 bridgehead atoms. The van der Waals surface area contributed by atoms with Crippen LogP contribution in [0.4, 0.5) is 4.39 Å². The SMILES string of the molecule is CCCCOc1ccc(C(C)(C)CCCc2ccc(F)c(Oc3ccccc3)c2)cc1. The Kier molecular flexibility index (Phi) is 8.11. The van der Waals surface area contributed by atoms with E-state index in [-0.39, 0.29) is 17.0 Å². The highest BCUT2D eigenvalue weighted by molar-refractivity contribution is 5.35. The molecule has 164 valence electrons. The molecule has 0 heterocycles. The maximum absolute atomic E-state index is 14.2. The number of aryl methyl sites for hydroxylation is 1. The first-order valence-electron chi connectivity index (χ1n) is 11.2. The maximum atomic E-state index is 14.2. The molecule has 3 aromatic rings. The van der Waals surface area contributed by atoms with E-state index < -0.39 is 0 Å². The van der Waals surface area contributed by atoms with E-state index >= 15 is 0 Å². The molecule has 0 aliphatic heterocycles. The number of para-hydroxylation sites is 1. The third-order valence-corrected chi connectivity index (χ3v) is 5.64. The van der Waals surface area contributed by atoms with Crippen LogP contribution in [0.2, 0.25) is 0 Å². The van der Waals surface area contributed by atoms with Gasteiger partial charge in [0.15, 0.2) is 11.6 Å². The first kappa shape index (κ1) is 22.9. The number of rotatable bonds is 11. The molecule has 0 atom stereocenters. The van der Waals surface area contributed by atoms with Gasteiger partial charge in [0, 0.05) is 0 Å². The molecule has 0 aliphatic rings. The Balaban J connectivity index is 1.55. The Morgan fingerprint density at radius 2 is 1.58 bits per heavy atom. The first-order chi connectivity index (χ1) is 15.0. The van der Waals surface area contributed by atoms with Gasteiger partial charge < -0.3 is 9.47 Å². The van der Waals surface area contributed by atoms with Crippen LogP contribution in [0.25, 0.3) is 0 Å². The van der Waals surface area contributed by atoms with Crippen molar-refractivity contribution in [2.45, 2.75) is 58.3 Å². The summed E-state index contributed by atoms with van der Waals surface area (Å²) in [6, 6.07) is 23.0. The second-order valence-electron chi connectivity index (χ2n) is 8.64. The molecule has 3 aromatic carbocycles. The second kappa shape index (κ2) is 11.0. The molecule has 0 fully saturated rings. The summed E-state index contributed by atoms with van der Waals surface area (Å²) in [6.07, 6.45) is 5.15. The Labute approximate surface area is 186 Å². The van der Waals surface area contributed by atoms with Crippen LogP contribution in [-0.4, -0.2) is 6.61 Å². The lowest BCUT2D eigenvalue weighted by molar-refractivity contribution is 0.309. The van der Waals surface area contributed by atoms with Gasteiger partial charge >= 0.3 is 0 Å². The zero-order valence-corrected chi connectivity index (χ0v) is 18.9. The summed E-state index contributed by atoms with van der Waals surface area (Å²) in [6.45, 7) is 7.48. The highest BCUT2D eigenvalue weighted by Crippen LogP contribution is 2.31. The molecule has 0 N–H and O–H groups in total. The van der Waals surface area contributed by atoms with Crippen molar-refractivity contribution in [2.24, 2.45) is 0 Å². The van der Waals surface area contributed by atoms with Crippen molar-refractivity contribution in [3.8, 4) is 17.2 Å². The van der Waals surface area contributed by atoms with Gasteiger partial charge in [-0.05, 0) is 78.6 Å². The zero-order valence-electron chi connectivity index (χ0n) is 18.9. The van der Waals surface area contributed by atoms with Gasteiger partial charge in [0.25, 0.3) is 0 Å². The Bertz CT molecular complexity index is 933. The minimum Gasteiger partial charge on any atom is -0.494 e. The topological polar surface area (TPSA) is 18.5 Å². The van der Waals surface area contributed by atoms with Gasteiger partial charge in [0.1, 0.15) is 11.5 Å². The summed E-state index contributed by atoms with van der Waals surface area (Å²) < 4.78 is 25.7. The van der Waals surface area contributed by atoms with Gasteiger partial charge in [-0.2, -0.15) is 0 Å². The van der Waals surface area contributed by atoms with Crippen LogP contribution >= 0.6 is 0 Å². The van der Waals surface area contributed by atoms with E-state index in [4.69, 9.17) is 9.47 Å². The number of ether oxygens (including phenoxy) is 2. The summed E-state index contributed by atoms with van der Waals surface area (Å²) in [5.74, 6) is 1.52.